The summed E-state index contributed by atoms with van der Waals surface area (Å²) in [6, 6.07) is 0. The number of ether oxygens (including phenoxy) is 3. The summed E-state index contributed by atoms with van der Waals surface area (Å²) in [5, 5.41) is 19.4. The summed E-state index contributed by atoms with van der Waals surface area (Å²) in [6.07, 6.45) is -2.76. The first-order valence-corrected chi connectivity index (χ1v) is 5.27. The second kappa shape index (κ2) is 5.77. The van der Waals surface area contributed by atoms with E-state index in [-0.39, 0.29) is 0 Å². The van der Waals surface area contributed by atoms with Crippen molar-refractivity contribution in [2.24, 2.45) is 0 Å². The van der Waals surface area contributed by atoms with Gasteiger partial charge in [0.05, 0.1) is 6.10 Å². The Kier molecular flexibility index (Phi) is 4.95. The summed E-state index contributed by atoms with van der Waals surface area (Å²) >= 11 is 0. The van der Waals surface area contributed by atoms with Crippen LogP contribution in [0.25, 0.3) is 0 Å². The molecule has 1 fully saturated rings. The predicted octanol–water partition coefficient (Wildman–Crippen LogP) is -0.105. The minimum atomic E-state index is -0.967. The Hall–Kier alpha value is -0.200. The minimum absolute atomic E-state index is 0.452. The lowest BCUT2D eigenvalue weighted by molar-refractivity contribution is -0.295. The van der Waals surface area contributed by atoms with E-state index in [1.165, 1.54) is 7.11 Å². The number of hydrogen-bond donors (Lipinski definition) is 2. The third-order valence-electron chi connectivity index (χ3n) is 2.53. The molecule has 1 saturated heterocycles. The van der Waals surface area contributed by atoms with Gasteiger partial charge in [0.25, 0.3) is 0 Å². The topological polar surface area (TPSA) is 68.2 Å². The monoisotopic (exact) mass is 220 g/mol. The maximum atomic E-state index is 9.80. The second-order valence-corrected chi connectivity index (χ2v) is 3.76. The number of aliphatic hydroxyl groups excluding tert-OH is 2. The Labute approximate surface area is 89.9 Å². The largest absolute Gasteiger partial charge is 0.388 e. The van der Waals surface area contributed by atoms with Crippen LogP contribution < -0.4 is 0 Å². The number of methoxy groups -OCH3 is 1. The molecule has 2 N–H and O–H groups in total. The molecular formula is C10H20O5. The quantitative estimate of drug-likeness (QED) is 0.692. The van der Waals surface area contributed by atoms with Crippen LogP contribution in [-0.2, 0) is 14.2 Å². The summed E-state index contributed by atoms with van der Waals surface area (Å²) < 4.78 is 15.8. The van der Waals surface area contributed by atoms with Crippen LogP contribution in [0, 0.1) is 0 Å². The number of hydrogen-bond acceptors (Lipinski definition) is 5. The summed E-state index contributed by atoms with van der Waals surface area (Å²) in [7, 11) is 1.49. The molecule has 0 spiro atoms. The molecule has 0 aromatic heterocycles. The first kappa shape index (κ1) is 12.9. The van der Waals surface area contributed by atoms with Crippen molar-refractivity contribution in [3.8, 4) is 0 Å². The molecule has 1 heterocycles. The Morgan fingerprint density at radius 2 is 1.93 bits per heavy atom. The van der Waals surface area contributed by atoms with Crippen molar-refractivity contribution >= 4 is 0 Å². The average Bonchev–Trinajstić information content (AvgIpc) is 2.24. The molecule has 0 unspecified atom stereocenters. The zero-order chi connectivity index (χ0) is 11.4. The summed E-state index contributed by atoms with van der Waals surface area (Å²) in [6.45, 7) is 4.17. The molecule has 0 aliphatic carbocycles. The molecule has 0 saturated carbocycles. The van der Waals surface area contributed by atoms with E-state index in [2.05, 4.69) is 0 Å². The van der Waals surface area contributed by atoms with Crippen LogP contribution in [0.2, 0.25) is 0 Å². The highest BCUT2D eigenvalue weighted by Crippen LogP contribution is 2.23. The van der Waals surface area contributed by atoms with E-state index in [9.17, 15) is 10.2 Å². The van der Waals surface area contributed by atoms with Gasteiger partial charge in [-0.25, -0.2) is 0 Å². The molecule has 1 aliphatic heterocycles. The van der Waals surface area contributed by atoms with Crippen LogP contribution in [0.3, 0.4) is 0 Å². The maximum absolute atomic E-state index is 9.80. The van der Waals surface area contributed by atoms with Gasteiger partial charge in [0.2, 0.25) is 0 Å². The van der Waals surface area contributed by atoms with Crippen LogP contribution in [0.1, 0.15) is 20.3 Å². The zero-order valence-corrected chi connectivity index (χ0v) is 9.42. The first-order valence-electron chi connectivity index (χ1n) is 5.27. The van der Waals surface area contributed by atoms with E-state index in [0.29, 0.717) is 6.61 Å². The molecule has 0 aromatic rings. The van der Waals surface area contributed by atoms with Gasteiger partial charge in [0, 0.05) is 13.7 Å². The molecule has 1 aliphatic rings. The fourth-order valence-electron chi connectivity index (χ4n) is 1.62. The van der Waals surface area contributed by atoms with Crippen molar-refractivity contribution in [2.75, 3.05) is 13.7 Å². The molecule has 1 rings (SSSR count). The lowest BCUT2D eigenvalue weighted by Crippen LogP contribution is -2.58. The first-order chi connectivity index (χ1) is 7.11. The molecule has 0 amide bonds. The molecular weight excluding hydrogens is 200 g/mol. The number of aliphatic hydroxyl groups is 2. The molecule has 5 heteroatoms. The van der Waals surface area contributed by atoms with E-state index in [1.807, 2.05) is 6.92 Å². The Morgan fingerprint density at radius 1 is 1.27 bits per heavy atom. The molecule has 5 atom stereocenters. The van der Waals surface area contributed by atoms with Gasteiger partial charge in [0.1, 0.15) is 18.3 Å². The van der Waals surface area contributed by atoms with E-state index < -0.39 is 30.7 Å². The predicted molar refractivity (Wildman–Crippen MR) is 53.4 cm³/mol. The van der Waals surface area contributed by atoms with Gasteiger partial charge in [0.15, 0.2) is 6.29 Å². The normalized spacial score (nSPS) is 41.8. The molecule has 15 heavy (non-hydrogen) atoms. The van der Waals surface area contributed by atoms with E-state index in [1.54, 1.807) is 6.92 Å². The zero-order valence-electron chi connectivity index (χ0n) is 9.42. The molecule has 90 valence electrons. The standard InChI is InChI=1S/C10H20O5/c1-4-5-14-9-8(12)7(11)6(2)15-10(9)13-3/h6-12H,4-5H2,1-3H3/t6-,7-,8+,9+,10+/m0/s1. The Bertz CT molecular complexity index is 185. The third-order valence-corrected chi connectivity index (χ3v) is 2.53. The van der Waals surface area contributed by atoms with Crippen LogP contribution in [0.4, 0.5) is 0 Å². The smallest absolute Gasteiger partial charge is 0.186 e. The average molecular weight is 220 g/mol. The second-order valence-electron chi connectivity index (χ2n) is 3.76. The van der Waals surface area contributed by atoms with Crippen molar-refractivity contribution in [3.63, 3.8) is 0 Å². The summed E-state index contributed by atoms with van der Waals surface area (Å²) in [5.74, 6) is 0. The van der Waals surface area contributed by atoms with Gasteiger partial charge in [-0.2, -0.15) is 0 Å². The van der Waals surface area contributed by atoms with Crippen molar-refractivity contribution < 1.29 is 24.4 Å². The summed E-state index contributed by atoms with van der Waals surface area (Å²) in [4.78, 5) is 0. The minimum Gasteiger partial charge on any atom is -0.388 e. The van der Waals surface area contributed by atoms with Crippen LogP contribution in [0.15, 0.2) is 0 Å². The van der Waals surface area contributed by atoms with Crippen LogP contribution in [-0.4, -0.2) is 54.6 Å². The van der Waals surface area contributed by atoms with Gasteiger partial charge in [-0.3, -0.25) is 0 Å². The van der Waals surface area contributed by atoms with E-state index >= 15 is 0 Å². The fourth-order valence-corrected chi connectivity index (χ4v) is 1.62. The van der Waals surface area contributed by atoms with Crippen LogP contribution in [0.5, 0.6) is 0 Å². The molecule has 0 bridgehead atoms. The van der Waals surface area contributed by atoms with Crippen LogP contribution >= 0.6 is 0 Å². The lowest BCUT2D eigenvalue weighted by Gasteiger charge is -2.40. The number of rotatable bonds is 4. The highest BCUT2D eigenvalue weighted by Gasteiger charge is 2.43. The highest BCUT2D eigenvalue weighted by molar-refractivity contribution is 4.88. The third kappa shape index (κ3) is 2.89. The molecule has 0 aromatic carbocycles. The SMILES string of the molecule is CCCO[C@H]1[C@H](OC)O[C@@H](C)[C@H](O)[C@H]1O. The van der Waals surface area contributed by atoms with Gasteiger partial charge in [-0.1, -0.05) is 6.92 Å². The fraction of sp³-hybridized carbons (Fsp3) is 1.00. The van der Waals surface area contributed by atoms with E-state index in [4.69, 9.17) is 14.2 Å². The molecule has 0 radical (unpaired) electrons. The van der Waals surface area contributed by atoms with Gasteiger partial charge in [-0.05, 0) is 13.3 Å². The summed E-state index contributed by atoms with van der Waals surface area (Å²) in [5.41, 5.74) is 0. The molecule has 5 nitrogen and oxygen atoms in total. The Balaban J connectivity index is 2.62. The van der Waals surface area contributed by atoms with E-state index in [0.717, 1.165) is 6.42 Å². The van der Waals surface area contributed by atoms with Gasteiger partial charge >= 0.3 is 0 Å². The maximum Gasteiger partial charge on any atom is 0.186 e. The van der Waals surface area contributed by atoms with Gasteiger partial charge < -0.3 is 24.4 Å². The van der Waals surface area contributed by atoms with Crippen molar-refractivity contribution in [1.82, 2.24) is 0 Å². The van der Waals surface area contributed by atoms with Crippen molar-refractivity contribution in [2.45, 2.75) is 51.0 Å². The van der Waals surface area contributed by atoms with Gasteiger partial charge in [-0.15, -0.1) is 0 Å². The van der Waals surface area contributed by atoms with Crippen molar-refractivity contribution in [1.29, 1.82) is 0 Å². The Morgan fingerprint density at radius 3 is 2.47 bits per heavy atom. The highest BCUT2D eigenvalue weighted by atomic mass is 16.7. The lowest BCUT2D eigenvalue weighted by atomic mass is 10.00. The van der Waals surface area contributed by atoms with Crippen molar-refractivity contribution in [3.05, 3.63) is 0 Å².